The molecule has 18 heavy (non-hydrogen) atoms. The number of hydrogen-bond donors (Lipinski definition) is 3. The Labute approximate surface area is 104 Å². The Bertz CT molecular complexity index is 565. The van der Waals surface area contributed by atoms with Gasteiger partial charge in [0.15, 0.2) is 0 Å². The lowest BCUT2D eigenvalue weighted by molar-refractivity contribution is 0.451. The van der Waals surface area contributed by atoms with Gasteiger partial charge in [-0.2, -0.15) is 5.11 Å². The first kappa shape index (κ1) is 11.9. The van der Waals surface area contributed by atoms with Crippen LogP contribution >= 0.6 is 0 Å². The number of rotatable bonds is 3. The fraction of sp³-hybridized carbons (Fsp3) is 0.0769. The Morgan fingerprint density at radius 1 is 0.944 bits per heavy atom. The number of nitrogens with one attached hydrogen (secondary N) is 1. The number of phenols is 2. The molecule has 0 aromatic heterocycles. The van der Waals surface area contributed by atoms with Crippen LogP contribution in [0, 0.1) is 0 Å². The van der Waals surface area contributed by atoms with Crippen LogP contribution in [0.4, 0.5) is 17.1 Å². The van der Waals surface area contributed by atoms with Gasteiger partial charge in [0.25, 0.3) is 0 Å². The minimum atomic E-state index is -0.106. The molecule has 2 aromatic rings. The zero-order chi connectivity index (χ0) is 13.0. The molecule has 0 unspecified atom stereocenters. The van der Waals surface area contributed by atoms with Crippen LogP contribution in [0.5, 0.6) is 11.5 Å². The molecule has 5 heteroatoms. The van der Waals surface area contributed by atoms with Crippen molar-refractivity contribution in [2.75, 3.05) is 12.4 Å². The van der Waals surface area contributed by atoms with E-state index in [4.69, 9.17) is 5.11 Å². The monoisotopic (exact) mass is 243 g/mol. The van der Waals surface area contributed by atoms with Crippen LogP contribution < -0.4 is 5.32 Å². The van der Waals surface area contributed by atoms with Gasteiger partial charge in [0.1, 0.15) is 17.2 Å². The molecule has 3 N–H and O–H groups in total. The second-order valence-electron chi connectivity index (χ2n) is 3.67. The summed E-state index contributed by atoms with van der Waals surface area (Å²) < 4.78 is 0. The second-order valence-corrected chi connectivity index (χ2v) is 3.67. The summed E-state index contributed by atoms with van der Waals surface area (Å²) in [5, 5.41) is 29.6. The van der Waals surface area contributed by atoms with Crippen molar-refractivity contribution in [3.05, 3.63) is 42.5 Å². The minimum absolute atomic E-state index is 0.00942. The van der Waals surface area contributed by atoms with Crippen molar-refractivity contribution in [2.45, 2.75) is 0 Å². The van der Waals surface area contributed by atoms with E-state index in [9.17, 15) is 5.11 Å². The number of nitrogens with zero attached hydrogens (tertiary/aromatic N) is 2. The summed E-state index contributed by atoms with van der Waals surface area (Å²) in [5.74, 6) is -0.115. The van der Waals surface area contributed by atoms with Crippen LogP contribution in [0.15, 0.2) is 52.7 Å². The van der Waals surface area contributed by atoms with Gasteiger partial charge >= 0.3 is 0 Å². The molecule has 0 heterocycles. The van der Waals surface area contributed by atoms with Gasteiger partial charge in [0.05, 0.1) is 5.69 Å². The largest absolute Gasteiger partial charge is 0.508 e. The molecule has 0 amide bonds. The summed E-state index contributed by atoms with van der Waals surface area (Å²) in [7, 11) is 1.84. The van der Waals surface area contributed by atoms with Crippen molar-refractivity contribution in [1.82, 2.24) is 0 Å². The molecule has 0 fully saturated rings. The maximum atomic E-state index is 9.53. The molecular formula is C13H13N3O2. The molecule has 0 atom stereocenters. The number of hydrogen-bond acceptors (Lipinski definition) is 5. The third-order valence-electron chi connectivity index (χ3n) is 2.39. The molecule has 0 aliphatic heterocycles. The lowest BCUT2D eigenvalue weighted by Gasteiger charge is -2.00. The number of phenolic OH excluding ortho intramolecular Hbond substituents is 2. The normalized spacial score (nSPS) is 10.7. The zero-order valence-electron chi connectivity index (χ0n) is 9.83. The van der Waals surface area contributed by atoms with Crippen LogP contribution in [0.1, 0.15) is 0 Å². The van der Waals surface area contributed by atoms with Crippen LogP contribution in [0.3, 0.4) is 0 Å². The quantitative estimate of drug-likeness (QED) is 0.721. The van der Waals surface area contributed by atoms with Crippen molar-refractivity contribution in [1.29, 1.82) is 0 Å². The van der Waals surface area contributed by atoms with E-state index in [1.165, 1.54) is 18.2 Å². The average molecular weight is 243 g/mol. The highest BCUT2D eigenvalue weighted by Gasteiger charge is 2.00. The summed E-state index contributed by atoms with van der Waals surface area (Å²) in [5.41, 5.74) is 1.98. The van der Waals surface area contributed by atoms with Crippen LogP contribution in [0.2, 0.25) is 0 Å². The molecule has 92 valence electrons. The van der Waals surface area contributed by atoms with Gasteiger partial charge in [0, 0.05) is 18.8 Å². The van der Waals surface area contributed by atoms with Gasteiger partial charge in [-0.05, 0) is 36.4 Å². The van der Waals surface area contributed by atoms with E-state index in [1.807, 2.05) is 31.3 Å². The van der Waals surface area contributed by atoms with Crippen molar-refractivity contribution < 1.29 is 10.2 Å². The molecule has 0 aliphatic rings. The third-order valence-corrected chi connectivity index (χ3v) is 2.39. The lowest BCUT2D eigenvalue weighted by Crippen LogP contribution is -1.84. The lowest BCUT2D eigenvalue weighted by atomic mass is 10.3. The average Bonchev–Trinajstić information content (AvgIpc) is 2.38. The molecule has 2 rings (SSSR count). The smallest absolute Gasteiger partial charge is 0.146 e. The van der Waals surface area contributed by atoms with Crippen LogP contribution in [-0.4, -0.2) is 17.3 Å². The molecule has 0 saturated carbocycles. The fourth-order valence-corrected chi connectivity index (χ4v) is 1.40. The molecule has 0 bridgehead atoms. The summed E-state index contributed by atoms with van der Waals surface area (Å²) in [6, 6.07) is 11.5. The predicted octanol–water partition coefficient (Wildman–Crippen LogP) is 3.55. The maximum absolute atomic E-state index is 9.53. The van der Waals surface area contributed by atoms with E-state index < -0.39 is 0 Å². The highest BCUT2D eigenvalue weighted by Crippen LogP contribution is 2.31. The Hall–Kier alpha value is -2.56. The first-order valence-electron chi connectivity index (χ1n) is 5.40. The summed E-state index contributed by atoms with van der Waals surface area (Å²) >= 11 is 0. The first-order valence-corrected chi connectivity index (χ1v) is 5.40. The Balaban J connectivity index is 2.19. The van der Waals surface area contributed by atoms with Crippen LogP contribution in [-0.2, 0) is 0 Å². The third kappa shape index (κ3) is 2.76. The molecule has 5 nitrogen and oxygen atoms in total. The van der Waals surface area contributed by atoms with E-state index in [-0.39, 0.29) is 11.5 Å². The number of anilines is 1. The fourth-order valence-electron chi connectivity index (χ4n) is 1.40. The van der Waals surface area contributed by atoms with E-state index in [2.05, 4.69) is 15.5 Å². The highest BCUT2D eigenvalue weighted by atomic mass is 16.3. The minimum Gasteiger partial charge on any atom is -0.508 e. The van der Waals surface area contributed by atoms with Crippen LogP contribution in [0.25, 0.3) is 0 Å². The molecule has 0 radical (unpaired) electrons. The standard InChI is InChI=1S/C13H13N3O2/c1-14-9-2-4-10(5-3-9)15-16-12-7-6-11(17)8-13(12)18/h2-8,14,17-18H,1H3. The maximum Gasteiger partial charge on any atom is 0.146 e. The van der Waals surface area contributed by atoms with Crippen molar-refractivity contribution >= 4 is 17.1 Å². The van der Waals surface area contributed by atoms with Gasteiger partial charge in [-0.25, -0.2) is 0 Å². The predicted molar refractivity (Wildman–Crippen MR) is 69.9 cm³/mol. The summed E-state index contributed by atoms with van der Waals surface area (Å²) in [6.45, 7) is 0. The Morgan fingerprint density at radius 2 is 1.67 bits per heavy atom. The van der Waals surface area contributed by atoms with Crippen molar-refractivity contribution in [3.8, 4) is 11.5 Å². The van der Waals surface area contributed by atoms with Gasteiger partial charge in [-0.3, -0.25) is 0 Å². The van der Waals surface area contributed by atoms with E-state index in [0.29, 0.717) is 11.4 Å². The highest BCUT2D eigenvalue weighted by molar-refractivity contribution is 5.54. The SMILES string of the molecule is CNc1ccc(N=Nc2ccc(O)cc2O)cc1. The summed E-state index contributed by atoms with van der Waals surface area (Å²) in [4.78, 5) is 0. The zero-order valence-corrected chi connectivity index (χ0v) is 9.83. The first-order chi connectivity index (χ1) is 8.69. The summed E-state index contributed by atoms with van der Waals surface area (Å²) in [6.07, 6.45) is 0. The van der Waals surface area contributed by atoms with E-state index >= 15 is 0 Å². The van der Waals surface area contributed by atoms with Gasteiger partial charge in [-0.15, -0.1) is 5.11 Å². The van der Waals surface area contributed by atoms with E-state index in [0.717, 1.165) is 5.69 Å². The molecule has 2 aromatic carbocycles. The molecule has 0 spiro atoms. The van der Waals surface area contributed by atoms with E-state index in [1.54, 1.807) is 0 Å². The van der Waals surface area contributed by atoms with Crippen molar-refractivity contribution in [3.63, 3.8) is 0 Å². The Morgan fingerprint density at radius 3 is 2.28 bits per heavy atom. The van der Waals surface area contributed by atoms with Gasteiger partial charge < -0.3 is 15.5 Å². The van der Waals surface area contributed by atoms with Gasteiger partial charge in [-0.1, -0.05) is 0 Å². The number of aromatic hydroxyl groups is 2. The molecular weight excluding hydrogens is 230 g/mol. The van der Waals surface area contributed by atoms with Gasteiger partial charge in [0.2, 0.25) is 0 Å². The molecule has 0 saturated heterocycles. The number of azo groups is 1. The Kier molecular flexibility index (Phi) is 3.43. The molecule has 0 aliphatic carbocycles. The topological polar surface area (TPSA) is 77.2 Å². The van der Waals surface area contributed by atoms with Crippen molar-refractivity contribution in [2.24, 2.45) is 10.2 Å². The second kappa shape index (κ2) is 5.18. The number of benzene rings is 2.